The van der Waals surface area contributed by atoms with E-state index >= 15 is 0 Å². The zero-order valence-corrected chi connectivity index (χ0v) is 11.7. The second-order valence-electron chi connectivity index (χ2n) is 3.78. The molecule has 0 spiro atoms. The lowest BCUT2D eigenvalue weighted by Gasteiger charge is -2.08. The van der Waals surface area contributed by atoms with Gasteiger partial charge in [-0.2, -0.15) is 0 Å². The average Bonchev–Trinajstić information content (AvgIpc) is 2.30. The van der Waals surface area contributed by atoms with Gasteiger partial charge in [-0.05, 0) is 30.7 Å². The molecule has 2 N–H and O–H groups in total. The van der Waals surface area contributed by atoms with Gasteiger partial charge in [0.2, 0.25) is 11.8 Å². The van der Waals surface area contributed by atoms with E-state index in [1.54, 1.807) is 12.1 Å². The summed E-state index contributed by atoms with van der Waals surface area (Å²) < 4.78 is 0.946. The Balaban J connectivity index is 2.54. The van der Waals surface area contributed by atoms with Crippen molar-refractivity contribution in [2.24, 2.45) is 0 Å². The highest BCUT2D eigenvalue weighted by Gasteiger charge is 2.09. The largest absolute Gasteiger partial charge is 0.352 e. The minimum atomic E-state index is -0.331. The predicted octanol–water partition coefficient (Wildman–Crippen LogP) is 2.39. The Bertz CT molecular complexity index is 472. The maximum absolute atomic E-state index is 11.6. The summed E-state index contributed by atoms with van der Waals surface area (Å²) in [5.41, 5.74) is 1.64. The van der Waals surface area contributed by atoms with Gasteiger partial charge in [-0.1, -0.05) is 22.0 Å². The second-order valence-corrected chi connectivity index (χ2v) is 4.69. The first-order valence-corrected chi connectivity index (χ1v) is 6.26. The van der Waals surface area contributed by atoms with Gasteiger partial charge in [-0.25, -0.2) is 0 Å². The number of anilines is 1. The first-order chi connectivity index (χ1) is 8.52. The molecule has 0 saturated carbocycles. The van der Waals surface area contributed by atoms with Crippen LogP contribution in [0.25, 0.3) is 0 Å². The Morgan fingerprint density at radius 3 is 2.72 bits per heavy atom. The molecule has 0 bridgehead atoms. The highest BCUT2D eigenvalue weighted by atomic mass is 79.9. The standard InChI is InChI=1S/C13H15BrN2O2/c1-3-6-15-12(17)8-13(18)16-11-5-4-10(14)7-9(11)2/h3-5,7H,1,6,8H2,2H3,(H,15,17)(H,16,18). The lowest BCUT2D eigenvalue weighted by Crippen LogP contribution is -2.28. The molecule has 18 heavy (non-hydrogen) atoms. The molecule has 5 heteroatoms. The number of aryl methyl sites for hydroxylation is 1. The molecule has 4 nitrogen and oxygen atoms in total. The molecule has 1 aromatic rings. The number of carbonyl (C=O) groups is 2. The van der Waals surface area contributed by atoms with E-state index in [1.165, 1.54) is 0 Å². The average molecular weight is 311 g/mol. The van der Waals surface area contributed by atoms with Crippen LogP contribution >= 0.6 is 15.9 Å². The van der Waals surface area contributed by atoms with E-state index in [4.69, 9.17) is 0 Å². The zero-order chi connectivity index (χ0) is 13.5. The number of nitrogens with one attached hydrogen (secondary N) is 2. The Kier molecular flexibility index (Phi) is 5.58. The molecule has 96 valence electrons. The number of halogens is 1. The summed E-state index contributed by atoms with van der Waals surface area (Å²) in [5.74, 6) is -0.649. The van der Waals surface area contributed by atoms with E-state index in [-0.39, 0.29) is 18.2 Å². The summed E-state index contributed by atoms with van der Waals surface area (Å²) in [7, 11) is 0. The summed E-state index contributed by atoms with van der Waals surface area (Å²) in [6.07, 6.45) is 1.37. The molecule has 0 aliphatic carbocycles. The van der Waals surface area contributed by atoms with Gasteiger partial charge in [-0.3, -0.25) is 9.59 Å². The quantitative estimate of drug-likeness (QED) is 0.648. The molecular formula is C13H15BrN2O2. The summed E-state index contributed by atoms with van der Waals surface area (Å²) in [4.78, 5) is 22.9. The highest BCUT2D eigenvalue weighted by molar-refractivity contribution is 9.10. The van der Waals surface area contributed by atoms with Gasteiger partial charge in [0.1, 0.15) is 6.42 Å². The van der Waals surface area contributed by atoms with Crippen LogP contribution in [0.1, 0.15) is 12.0 Å². The zero-order valence-electron chi connectivity index (χ0n) is 10.1. The SMILES string of the molecule is C=CCNC(=O)CC(=O)Nc1ccc(Br)cc1C. The molecular weight excluding hydrogens is 296 g/mol. The Hall–Kier alpha value is -1.62. The monoisotopic (exact) mass is 310 g/mol. The lowest BCUT2D eigenvalue weighted by atomic mass is 10.2. The minimum Gasteiger partial charge on any atom is -0.352 e. The second kappa shape index (κ2) is 6.96. The molecule has 0 radical (unpaired) electrons. The predicted molar refractivity (Wildman–Crippen MR) is 75.3 cm³/mol. The number of rotatable bonds is 5. The van der Waals surface area contributed by atoms with Gasteiger partial charge in [0.25, 0.3) is 0 Å². The molecule has 0 fully saturated rings. The van der Waals surface area contributed by atoms with E-state index in [0.29, 0.717) is 12.2 Å². The van der Waals surface area contributed by atoms with Crippen LogP contribution in [-0.2, 0) is 9.59 Å². The van der Waals surface area contributed by atoms with Crippen molar-refractivity contribution >= 4 is 33.4 Å². The molecule has 0 saturated heterocycles. The molecule has 2 amide bonds. The van der Waals surface area contributed by atoms with Crippen molar-refractivity contribution < 1.29 is 9.59 Å². The molecule has 0 aliphatic rings. The van der Waals surface area contributed by atoms with Crippen LogP contribution in [0.2, 0.25) is 0 Å². The highest BCUT2D eigenvalue weighted by Crippen LogP contribution is 2.19. The number of carbonyl (C=O) groups excluding carboxylic acids is 2. The number of hydrogen-bond donors (Lipinski definition) is 2. The third-order valence-corrected chi connectivity index (χ3v) is 2.72. The molecule has 0 heterocycles. The first-order valence-electron chi connectivity index (χ1n) is 5.46. The van der Waals surface area contributed by atoms with Crippen molar-refractivity contribution in [3.63, 3.8) is 0 Å². The fraction of sp³-hybridized carbons (Fsp3) is 0.231. The van der Waals surface area contributed by atoms with Crippen molar-refractivity contribution in [2.45, 2.75) is 13.3 Å². The summed E-state index contributed by atoms with van der Waals surface area (Å²) in [6.45, 7) is 5.73. The van der Waals surface area contributed by atoms with Crippen LogP contribution in [0.15, 0.2) is 35.3 Å². The fourth-order valence-corrected chi connectivity index (χ4v) is 1.83. The van der Waals surface area contributed by atoms with Crippen molar-refractivity contribution in [2.75, 3.05) is 11.9 Å². The smallest absolute Gasteiger partial charge is 0.233 e. The van der Waals surface area contributed by atoms with Crippen LogP contribution in [0, 0.1) is 6.92 Å². The summed E-state index contributed by atoms with van der Waals surface area (Å²) >= 11 is 3.35. The molecule has 0 atom stereocenters. The minimum absolute atomic E-state index is 0.191. The van der Waals surface area contributed by atoms with Crippen LogP contribution in [0.5, 0.6) is 0 Å². The maximum Gasteiger partial charge on any atom is 0.233 e. The summed E-state index contributed by atoms with van der Waals surface area (Å²) in [5, 5.41) is 5.25. The molecule has 0 unspecified atom stereocenters. The molecule has 1 aromatic carbocycles. The number of hydrogen-bond acceptors (Lipinski definition) is 2. The van der Waals surface area contributed by atoms with E-state index in [2.05, 4.69) is 33.1 Å². The van der Waals surface area contributed by atoms with Crippen LogP contribution in [0.3, 0.4) is 0 Å². The lowest BCUT2D eigenvalue weighted by molar-refractivity contribution is -0.126. The third kappa shape index (κ3) is 4.71. The van der Waals surface area contributed by atoms with Gasteiger partial charge in [0.15, 0.2) is 0 Å². The number of amides is 2. The van der Waals surface area contributed by atoms with Crippen LogP contribution in [0.4, 0.5) is 5.69 Å². The van der Waals surface area contributed by atoms with Gasteiger partial charge < -0.3 is 10.6 Å². The van der Waals surface area contributed by atoms with Gasteiger partial charge in [0.05, 0.1) is 0 Å². The van der Waals surface area contributed by atoms with E-state index < -0.39 is 0 Å². The first kappa shape index (κ1) is 14.4. The summed E-state index contributed by atoms with van der Waals surface area (Å²) in [6, 6.07) is 5.52. The maximum atomic E-state index is 11.6. The Morgan fingerprint density at radius 2 is 2.11 bits per heavy atom. The van der Waals surface area contributed by atoms with Crippen LogP contribution < -0.4 is 10.6 Å². The van der Waals surface area contributed by atoms with Crippen molar-refractivity contribution in [1.29, 1.82) is 0 Å². The normalized spacial score (nSPS) is 9.67. The van der Waals surface area contributed by atoms with E-state index in [9.17, 15) is 9.59 Å². The number of benzene rings is 1. The third-order valence-electron chi connectivity index (χ3n) is 2.23. The molecule has 1 rings (SSSR count). The topological polar surface area (TPSA) is 58.2 Å². The van der Waals surface area contributed by atoms with Crippen molar-refractivity contribution in [1.82, 2.24) is 5.32 Å². The van der Waals surface area contributed by atoms with Gasteiger partial charge in [0, 0.05) is 16.7 Å². The van der Waals surface area contributed by atoms with E-state index in [0.717, 1.165) is 10.0 Å². The van der Waals surface area contributed by atoms with E-state index in [1.807, 2.05) is 19.1 Å². The van der Waals surface area contributed by atoms with Crippen LogP contribution in [-0.4, -0.2) is 18.4 Å². The van der Waals surface area contributed by atoms with Crippen molar-refractivity contribution in [3.05, 3.63) is 40.9 Å². The molecule has 0 aromatic heterocycles. The Labute approximate surface area is 115 Å². The molecule has 0 aliphatic heterocycles. The fourth-order valence-electron chi connectivity index (χ4n) is 1.36. The van der Waals surface area contributed by atoms with Gasteiger partial charge >= 0.3 is 0 Å². The van der Waals surface area contributed by atoms with Gasteiger partial charge in [-0.15, -0.1) is 6.58 Å². The van der Waals surface area contributed by atoms with Crippen molar-refractivity contribution in [3.8, 4) is 0 Å². The Morgan fingerprint density at radius 1 is 1.39 bits per heavy atom.